The average Bonchev–Trinajstić information content (AvgIpc) is 2.58. The second kappa shape index (κ2) is 5.20. The highest BCUT2D eigenvalue weighted by atomic mass is 19.1. The Kier molecular flexibility index (Phi) is 3.23. The molecule has 2 heterocycles. The first kappa shape index (κ1) is 14.9. The number of aromatic nitrogens is 2. The molecule has 4 heteroatoms. The lowest BCUT2D eigenvalue weighted by atomic mass is 9.77. The van der Waals surface area contributed by atoms with Gasteiger partial charge in [-0.25, -0.2) is 4.39 Å². The zero-order chi connectivity index (χ0) is 16.9. The van der Waals surface area contributed by atoms with Crippen molar-refractivity contribution in [3.63, 3.8) is 0 Å². The van der Waals surface area contributed by atoms with Gasteiger partial charge in [0.05, 0.1) is 16.8 Å². The van der Waals surface area contributed by atoms with Crippen molar-refractivity contribution in [3.05, 3.63) is 71.2 Å². The van der Waals surface area contributed by atoms with E-state index in [-0.39, 0.29) is 17.3 Å². The summed E-state index contributed by atoms with van der Waals surface area (Å²) in [6.07, 6.45) is 0. The number of fused-ring (bicyclic) bond motifs is 2. The summed E-state index contributed by atoms with van der Waals surface area (Å²) >= 11 is 0. The number of hydrogen-bond acceptors (Lipinski definition) is 3. The van der Waals surface area contributed by atoms with Crippen molar-refractivity contribution in [3.8, 4) is 0 Å². The summed E-state index contributed by atoms with van der Waals surface area (Å²) in [6, 6.07) is 14.8. The zero-order valence-corrected chi connectivity index (χ0v) is 13.9. The van der Waals surface area contributed by atoms with Gasteiger partial charge in [0.15, 0.2) is 0 Å². The maximum absolute atomic E-state index is 13.8. The molecule has 0 fully saturated rings. The molecular formula is C20H18FN3. The molecule has 24 heavy (non-hydrogen) atoms. The van der Waals surface area contributed by atoms with Crippen molar-refractivity contribution in [1.82, 2.24) is 10.2 Å². The van der Waals surface area contributed by atoms with Gasteiger partial charge in [-0.1, -0.05) is 25.1 Å². The van der Waals surface area contributed by atoms with Crippen LogP contribution in [0.3, 0.4) is 0 Å². The van der Waals surface area contributed by atoms with Crippen LogP contribution in [0.4, 0.5) is 4.39 Å². The van der Waals surface area contributed by atoms with Gasteiger partial charge in [0, 0.05) is 16.9 Å². The molecule has 4 rings (SSSR count). The second-order valence-corrected chi connectivity index (χ2v) is 6.86. The van der Waals surface area contributed by atoms with Crippen LogP contribution in [0.15, 0.2) is 53.5 Å². The minimum Gasteiger partial charge on any atom is -0.276 e. The Morgan fingerprint density at radius 1 is 1.00 bits per heavy atom. The molecule has 0 radical (unpaired) electrons. The molecule has 0 saturated carbocycles. The second-order valence-electron chi connectivity index (χ2n) is 6.86. The SMILES string of the molecule is CC1c2cc(F)ccc2C(c2cc3ccccc3nn2)=NC1(C)C. The van der Waals surface area contributed by atoms with Crippen molar-refractivity contribution >= 4 is 16.6 Å². The molecule has 0 N–H and O–H groups in total. The summed E-state index contributed by atoms with van der Waals surface area (Å²) in [5.41, 5.74) is 3.94. The van der Waals surface area contributed by atoms with Gasteiger partial charge < -0.3 is 0 Å². The van der Waals surface area contributed by atoms with Gasteiger partial charge in [-0.15, -0.1) is 10.2 Å². The van der Waals surface area contributed by atoms with Crippen LogP contribution >= 0.6 is 0 Å². The fourth-order valence-electron chi connectivity index (χ4n) is 3.23. The van der Waals surface area contributed by atoms with Crippen molar-refractivity contribution in [1.29, 1.82) is 0 Å². The first-order valence-electron chi connectivity index (χ1n) is 8.08. The van der Waals surface area contributed by atoms with Crippen molar-refractivity contribution in [2.45, 2.75) is 32.2 Å². The van der Waals surface area contributed by atoms with E-state index in [2.05, 4.69) is 31.0 Å². The molecule has 0 amide bonds. The number of halogens is 1. The van der Waals surface area contributed by atoms with E-state index in [4.69, 9.17) is 4.99 Å². The summed E-state index contributed by atoms with van der Waals surface area (Å²) < 4.78 is 13.8. The van der Waals surface area contributed by atoms with Gasteiger partial charge in [0.25, 0.3) is 0 Å². The quantitative estimate of drug-likeness (QED) is 0.662. The predicted molar refractivity (Wildman–Crippen MR) is 94.1 cm³/mol. The number of nitrogens with zero attached hydrogens (tertiary/aromatic N) is 3. The van der Waals surface area contributed by atoms with Crippen LogP contribution in [0.25, 0.3) is 10.9 Å². The molecule has 1 aliphatic rings. The topological polar surface area (TPSA) is 38.1 Å². The Balaban J connectivity index is 1.95. The van der Waals surface area contributed by atoms with Crippen LogP contribution in [0, 0.1) is 5.82 Å². The van der Waals surface area contributed by atoms with Crippen LogP contribution < -0.4 is 0 Å². The summed E-state index contributed by atoms with van der Waals surface area (Å²) in [5, 5.41) is 9.70. The molecule has 0 bridgehead atoms. The largest absolute Gasteiger partial charge is 0.276 e. The third-order valence-corrected chi connectivity index (χ3v) is 4.93. The van der Waals surface area contributed by atoms with Crippen molar-refractivity contribution < 1.29 is 4.39 Å². The molecule has 120 valence electrons. The zero-order valence-electron chi connectivity index (χ0n) is 13.9. The van der Waals surface area contributed by atoms with Gasteiger partial charge in [-0.05, 0) is 49.7 Å². The van der Waals surface area contributed by atoms with E-state index in [1.165, 1.54) is 6.07 Å². The minimum atomic E-state index is -0.330. The molecule has 0 saturated heterocycles. The van der Waals surface area contributed by atoms with Gasteiger partial charge in [0.1, 0.15) is 11.5 Å². The van der Waals surface area contributed by atoms with Gasteiger partial charge in [-0.3, -0.25) is 4.99 Å². The maximum atomic E-state index is 13.8. The van der Waals surface area contributed by atoms with Gasteiger partial charge in [-0.2, -0.15) is 0 Å². The number of benzene rings is 2. The average molecular weight is 319 g/mol. The predicted octanol–water partition coefficient (Wildman–Crippen LogP) is 4.50. The van der Waals surface area contributed by atoms with Crippen LogP contribution in [0.1, 0.15) is 43.5 Å². The number of rotatable bonds is 1. The van der Waals surface area contributed by atoms with Crippen molar-refractivity contribution in [2.24, 2.45) is 4.99 Å². The Hall–Kier alpha value is -2.62. The summed E-state index contributed by atoms with van der Waals surface area (Å²) in [7, 11) is 0. The van der Waals surface area contributed by atoms with E-state index in [1.54, 1.807) is 12.1 Å². The van der Waals surface area contributed by atoms with E-state index in [0.29, 0.717) is 0 Å². The molecule has 1 unspecified atom stereocenters. The van der Waals surface area contributed by atoms with E-state index in [1.807, 2.05) is 30.3 Å². The van der Waals surface area contributed by atoms with Crippen LogP contribution in [-0.4, -0.2) is 21.4 Å². The van der Waals surface area contributed by atoms with Crippen molar-refractivity contribution in [2.75, 3.05) is 0 Å². The van der Waals surface area contributed by atoms with Gasteiger partial charge in [0.2, 0.25) is 0 Å². The maximum Gasteiger partial charge on any atom is 0.123 e. The highest BCUT2D eigenvalue weighted by Crippen LogP contribution is 2.39. The van der Waals surface area contributed by atoms with E-state index < -0.39 is 0 Å². The highest BCUT2D eigenvalue weighted by Gasteiger charge is 2.35. The lowest BCUT2D eigenvalue weighted by molar-refractivity contribution is 0.430. The summed E-state index contributed by atoms with van der Waals surface area (Å²) in [6.45, 7) is 6.23. The first-order valence-corrected chi connectivity index (χ1v) is 8.08. The first-order chi connectivity index (χ1) is 11.5. The molecular weight excluding hydrogens is 301 g/mol. The van der Waals surface area contributed by atoms with E-state index in [9.17, 15) is 4.39 Å². The van der Waals surface area contributed by atoms with Crippen LogP contribution in [0.5, 0.6) is 0 Å². The summed E-state index contributed by atoms with van der Waals surface area (Å²) in [5.74, 6) is -0.0948. The highest BCUT2D eigenvalue weighted by molar-refractivity contribution is 6.14. The van der Waals surface area contributed by atoms with Gasteiger partial charge >= 0.3 is 0 Å². The normalized spacial score (nSPS) is 19.0. The molecule has 3 nitrogen and oxygen atoms in total. The molecule has 1 atom stereocenters. The molecule has 0 aliphatic carbocycles. The molecule has 2 aromatic carbocycles. The summed E-state index contributed by atoms with van der Waals surface area (Å²) in [4.78, 5) is 4.93. The van der Waals surface area contributed by atoms with Crippen LogP contribution in [-0.2, 0) is 0 Å². The fourth-order valence-corrected chi connectivity index (χ4v) is 3.23. The number of hydrogen-bond donors (Lipinski definition) is 0. The Bertz CT molecular complexity index is 976. The monoisotopic (exact) mass is 319 g/mol. The Morgan fingerprint density at radius 3 is 2.62 bits per heavy atom. The Labute approximate surface area is 140 Å². The molecule has 3 aromatic rings. The number of aliphatic imine (C=N–C) groups is 1. The Morgan fingerprint density at radius 2 is 1.79 bits per heavy atom. The minimum absolute atomic E-state index is 0.125. The fraction of sp³-hybridized carbons (Fsp3) is 0.250. The lowest BCUT2D eigenvalue weighted by Crippen LogP contribution is -2.33. The molecule has 1 aliphatic heterocycles. The third kappa shape index (κ3) is 2.30. The smallest absolute Gasteiger partial charge is 0.123 e. The standard InChI is InChI=1S/C20H18FN3/c1-12-16-11-14(21)8-9-15(16)19(22-20(12,2)3)18-10-13-6-4-5-7-17(13)23-24-18/h4-12H,1-3H3. The van der Waals surface area contributed by atoms with Crippen LogP contribution in [0.2, 0.25) is 0 Å². The molecule has 1 aromatic heterocycles. The third-order valence-electron chi connectivity index (χ3n) is 4.93. The van der Waals surface area contributed by atoms with E-state index >= 15 is 0 Å². The van der Waals surface area contributed by atoms with E-state index in [0.717, 1.165) is 33.4 Å². The lowest BCUT2D eigenvalue weighted by Gasteiger charge is -2.35. The molecule has 0 spiro atoms.